The maximum Gasteiger partial charge on any atom is 0.139 e. The van der Waals surface area contributed by atoms with Crippen LogP contribution in [0.5, 0.6) is 0 Å². The summed E-state index contributed by atoms with van der Waals surface area (Å²) in [6.45, 7) is 2.21. The molecule has 0 heterocycles. The molecule has 50 valence electrons. The van der Waals surface area contributed by atoms with Gasteiger partial charge in [0.05, 0.1) is 0 Å². The zero-order valence-electron chi connectivity index (χ0n) is 5.76. The zero-order chi connectivity index (χ0) is 6.43. The summed E-state index contributed by atoms with van der Waals surface area (Å²) in [6, 6.07) is 0. The molecule has 2 bridgehead atoms. The first-order valence-corrected chi connectivity index (χ1v) is 3.83. The minimum Gasteiger partial charge on any atom is -0.299 e. The van der Waals surface area contributed by atoms with Crippen molar-refractivity contribution >= 4 is 5.78 Å². The second kappa shape index (κ2) is 1.59. The molecule has 2 aliphatic rings. The number of rotatable bonds is 0. The molecule has 2 fully saturated rings. The molecule has 1 heteroatoms. The SMILES string of the molecule is C[C@H]1C[C@H]2CC[C@H]1C2=O. The first-order valence-electron chi connectivity index (χ1n) is 3.83. The van der Waals surface area contributed by atoms with Crippen molar-refractivity contribution in [3.63, 3.8) is 0 Å². The molecule has 2 rings (SSSR count). The average molecular weight is 124 g/mol. The maximum absolute atomic E-state index is 11.2. The van der Waals surface area contributed by atoms with E-state index in [1.807, 2.05) is 0 Å². The predicted octanol–water partition coefficient (Wildman–Crippen LogP) is 1.62. The number of carbonyl (C=O) groups is 1. The van der Waals surface area contributed by atoms with Gasteiger partial charge in [0.2, 0.25) is 0 Å². The average Bonchev–Trinajstić information content (AvgIpc) is 2.25. The molecule has 1 nitrogen and oxygen atoms in total. The van der Waals surface area contributed by atoms with E-state index >= 15 is 0 Å². The molecule has 0 aromatic rings. The van der Waals surface area contributed by atoms with Crippen LogP contribution in [0, 0.1) is 17.8 Å². The molecular formula is C8H12O. The van der Waals surface area contributed by atoms with Gasteiger partial charge in [0, 0.05) is 11.8 Å². The van der Waals surface area contributed by atoms with E-state index in [-0.39, 0.29) is 0 Å². The van der Waals surface area contributed by atoms with Crippen LogP contribution in [0.25, 0.3) is 0 Å². The van der Waals surface area contributed by atoms with Crippen LogP contribution >= 0.6 is 0 Å². The van der Waals surface area contributed by atoms with Crippen molar-refractivity contribution in [3.8, 4) is 0 Å². The molecule has 0 aromatic heterocycles. The monoisotopic (exact) mass is 124 g/mol. The Morgan fingerprint density at radius 2 is 2.22 bits per heavy atom. The van der Waals surface area contributed by atoms with Gasteiger partial charge in [-0.2, -0.15) is 0 Å². The molecule has 0 spiro atoms. The molecule has 2 aliphatic carbocycles. The highest BCUT2D eigenvalue weighted by molar-refractivity contribution is 5.87. The molecule has 0 saturated heterocycles. The van der Waals surface area contributed by atoms with Crippen molar-refractivity contribution in [2.75, 3.05) is 0 Å². The lowest BCUT2D eigenvalue weighted by Crippen LogP contribution is -2.07. The third-order valence-electron chi connectivity index (χ3n) is 2.94. The van der Waals surface area contributed by atoms with E-state index in [1.165, 1.54) is 19.3 Å². The first kappa shape index (κ1) is 5.45. The Kier molecular flexibility index (Phi) is 0.961. The maximum atomic E-state index is 11.2. The summed E-state index contributed by atoms with van der Waals surface area (Å²) in [7, 11) is 0. The van der Waals surface area contributed by atoms with Crippen LogP contribution in [0.4, 0.5) is 0 Å². The quantitative estimate of drug-likeness (QED) is 0.479. The Balaban J connectivity index is 2.26. The lowest BCUT2D eigenvalue weighted by atomic mass is 9.91. The van der Waals surface area contributed by atoms with Crippen molar-refractivity contribution in [1.29, 1.82) is 0 Å². The third-order valence-corrected chi connectivity index (χ3v) is 2.94. The van der Waals surface area contributed by atoms with Gasteiger partial charge < -0.3 is 0 Å². The molecule has 2 saturated carbocycles. The normalized spacial score (nSPS) is 48.6. The van der Waals surface area contributed by atoms with Gasteiger partial charge in [-0.3, -0.25) is 4.79 Å². The smallest absolute Gasteiger partial charge is 0.139 e. The van der Waals surface area contributed by atoms with E-state index in [9.17, 15) is 4.79 Å². The summed E-state index contributed by atoms with van der Waals surface area (Å²) >= 11 is 0. The number of carbonyl (C=O) groups excluding carboxylic acids is 1. The molecule has 0 aromatic carbocycles. The summed E-state index contributed by atoms with van der Waals surface area (Å²) in [6.07, 6.45) is 3.56. The molecule has 0 amide bonds. The Morgan fingerprint density at radius 3 is 2.44 bits per heavy atom. The van der Waals surface area contributed by atoms with Crippen LogP contribution in [0.3, 0.4) is 0 Å². The van der Waals surface area contributed by atoms with Crippen LogP contribution in [-0.4, -0.2) is 5.78 Å². The fourth-order valence-electron chi connectivity index (χ4n) is 2.38. The van der Waals surface area contributed by atoms with Crippen molar-refractivity contribution in [2.24, 2.45) is 17.8 Å². The Bertz CT molecular complexity index is 151. The highest BCUT2D eigenvalue weighted by atomic mass is 16.1. The highest BCUT2D eigenvalue weighted by Crippen LogP contribution is 2.44. The van der Waals surface area contributed by atoms with E-state index in [0.29, 0.717) is 23.5 Å². The van der Waals surface area contributed by atoms with Gasteiger partial charge in [0.25, 0.3) is 0 Å². The Morgan fingerprint density at radius 1 is 1.44 bits per heavy atom. The standard InChI is InChI=1S/C8H12O/c1-5-4-6-2-3-7(5)8(6)9/h5-7H,2-4H2,1H3/t5-,6+,7+/m0/s1. The number of hydrogen-bond donors (Lipinski definition) is 0. The van der Waals surface area contributed by atoms with Gasteiger partial charge in [-0.05, 0) is 25.2 Å². The molecule has 0 aliphatic heterocycles. The summed E-state index contributed by atoms with van der Waals surface area (Å²) in [4.78, 5) is 11.2. The Hall–Kier alpha value is -0.330. The number of ketones is 1. The van der Waals surface area contributed by atoms with Crippen molar-refractivity contribution in [1.82, 2.24) is 0 Å². The number of Topliss-reactive ketones (excluding diaryl/α,β-unsaturated/α-hetero) is 1. The molecule has 9 heavy (non-hydrogen) atoms. The predicted molar refractivity (Wildman–Crippen MR) is 35.0 cm³/mol. The van der Waals surface area contributed by atoms with Gasteiger partial charge in [-0.1, -0.05) is 6.92 Å². The van der Waals surface area contributed by atoms with Crippen LogP contribution in [-0.2, 0) is 4.79 Å². The highest BCUT2D eigenvalue weighted by Gasteiger charge is 2.44. The summed E-state index contributed by atoms with van der Waals surface area (Å²) in [5.74, 6) is 2.22. The van der Waals surface area contributed by atoms with E-state index in [2.05, 4.69) is 6.92 Å². The van der Waals surface area contributed by atoms with Crippen molar-refractivity contribution in [2.45, 2.75) is 26.2 Å². The molecule has 0 N–H and O–H groups in total. The van der Waals surface area contributed by atoms with Crippen molar-refractivity contribution < 1.29 is 4.79 Å². The summed E-state index contributed by atoms with van der Waals surface area (Å²) < 4.78 is 0. The van der Waals surface area contributed by atoms with E-state index in [1.54, 1.807) is 0 Å². The van der Waals surface area contributed by atoms with E-state index < -0.39 is 0 Å². The van der Waals surface area contributed by atoms with E-state index in [4.69, 9.17) is 0 Å². The fourth-order valence-corrected chi connectivity index (χ4v) is 2.38. The lowest BCUT2D eigenvalue weighted by Gasteiger charge is -2.13. The third kappa shape index (κ3) is 0.577. The molecule has 0 radical (unpaired) electrons. The first-order chi connectivity index (χ1) is 4.29. The topological polar surface area (TPSA) is 17.1 Å². The van der Waals surface area contributed by atoms with Gasteiger partial charge in [0.15, 0.2) is 0 Å². The van der Waals surface area contributed by atoms with Gasteiger partial charge in [-0.15, -0.1) is 0 Å². The second-order valence-corrected chi connectivity index (χ2v) is 3.50. The van der Waals surface area contributed by atoms with Gasteiger partial charge in [0.1, 0.15) is 5.78 Å². The fraction of sp³-hybridized carbons (Fsp3) is 0.875. The van der Waals surface area contributed by atoms with Crippen LogP contribution < -0.4 is 0 Å². The van der Waals surface area contributed by atoms with E-state index in [0.717, 1.165) is 0 Å². The summed E-state index contributed by atoms with van der Waals surface area (Å²) in [5, 5.41) is 0. The summed E-state index contributed by atoms with van der Waals surface area (Å²) in [5.41, 5.74) is 0. The molecular weight excluding hydrogens is 112 g/mol. The Labute approximate surface area is 55.4 Å². The minimum absolute atomic E-state index is 0.468. The molecule has 3 atom stereocenters. The number of fused-ring (bicyclic) bond motifs is 2. The van der Waals surface area contributed by atoms with Crippen LogP contribution in [0.2, 0.25) is 0 Å². The minimum atomic E-state index is 0.468. The van der Waals surface area contributed by atoms with Gasteiger partial charge >= 0.3 is 0 Å². The number of hydrogen-bond acceptors (Lipinski definition) is 1. The van der Waals surface area contributed by atoms with Crippen LogP contribution in [0.15, 0.2) is 0 Å². The lowest BCUT2D eigenvalue weighted by molar-refractivity contribution is -0.121. The largest absolute Gasteiger partial charge is 0.299 e. The molecule has 0 unspecified atom stereocenters. The second-order valence-electron chi connectivity index (χ2n) is 3.50. The van der Waals surface area contributed by atoms with Crippen LogP contribution in [0.1, 0.15) is 26.2 Å². The van der Waals surface area contributed by atoms with Gasteiger partial charge in [-0.25, -0.2) is 0 Å². The van der Waals surface area contributed by atoms with Crippen molar-refractivity contribution in [3.05, 3.63) is 0 Å². The zero-order valence-corrected chi connectivity index (χ0v) is 5.76.